The minimum absolute atomic E-state index is 0.101. The van der Waals surface area contributed by atoms with Crippen LogP contribution >= 0.6 is 0 Å². The molecule has 0 aromatic rings. The van der Waals surface area contributed by atoms with Crippen LogP contribution in [0.25, 0.3) is 0 Å². The fourth-order valence-electron chi connectivity index (χ4n) is 4.65. The molecule has 3 aliphatic rings. The van der Waals surface area contributed by atoms with Crippen molar-refractivity contribution in [2.24, 2.45) is 11.8 Å². The van der Waals surface area contributed by atoms with Crippen molar-refractivity contribution >= 4 is 0 Å². The van der Waals surface area contributed by atoms with Gasteiger partial charge in [0, 0.05) is 18.9 Å². The maximum absolute atomic E-state index is 10.6. The van der Waals surface area contributed by atoms with Crippen molar-refractivity contribution in [2.45, 2.75) is 55.8 Å². The van der Waals surface area contributed by atoms with Gasteiger partial charge in [0.05, 0.1) is 11.7 Å². The third kappa shape index (κ3) is 0.931. The highest BCUT2D eigenvalue weighted by atomic mass is 16.5. The van der Waals surface area contributed by atoms with Gasteiger partial charge in [-0.05, 0) is 25.7 Å². The van der Waals surface area contributed by atoms with Crippen molar-refractivity contribution in [2.75, 3.05) is 7.11 Å². The highest BCUT2D eigenvalue weighted by molar-refractivity contribution is 5.25. The summed E-state index contributed by atoms with van der Waals surface area (Å²) in [5, 5.41) is 20.6. The quantitative estimate of drug-likeness (QED) is 0.683. The number of ether oxygens (including phenoxy) is 1. The van der Waals surface area contributed by atoms with Crippen molar-refractivity contribution < 1.29 is 14.9 Å². The zero-order valence-electron chi connectivity index (χ0n) is 9.28. The van der Waals surface area contributed by atoms with Gasteiger partial charge in [-0.1, -0.05) is 12.8 Å². The monoisotopic (exact) mass is 212 g/mol. The van der Waals surface area contributed by atoms with E-state index in [0.717, 1.165) is 38.5 Å². The van der Waals surface area contributed by atoms with Crippen LogP contribution in [0.15, 0.2) is 0 Å². The summed E-state index contributed by atoms with van der Waals surface area (Å²) in [6.07, 6.45) is 5.46. The van der Waals surface area contributed by atoms with Crippen molar-refractivity contribution in [3.05, 3.63) is 0 Å². The van der Waals surface area contributed by atoms with Crippen LogP contribution in [-0.4, -0.2) is 34.6 Å². The van der Waals surface area contributed by atoms with Gasteiger partial charge in [0.25, 0.3) is 0 Å². The molecule has 0 spiro atoms. The number of fused-ring (bicyclic) bond motifs is 4. The zero-order chi connectivity index (χ0) is 10.7. The predicted octanol–water partition coefficient (Wildman–Crippen LogP) is 1.08. The Morgan fingerprint density at radius 2 is 1.80 bits per heavy atom. The molecule has 0 aliphatic heterocycles. The molecule has 3 saturated carbocycles. The van der Waals surface area contributed by atoms with Crippen LogP contribution in [0.2, 0.25) is 0 Å². The van der Waals surface area contributed by atoms with Gasteiger partial charge in [-0.25, -0.2) is 0 Å². The van der Waals surface area contributed by atoms with Gasteiger partial charge < -0.3 is 14.9 Å². The molecule has 0 saturated heterocycles. The fourth-order valence-corrected chi connectivity index (χ4v) is 4.65. The molecule has 0 amide bonds. The summed E-state index contributed by atoms with van der Waals surface area (Å²) in [4.78, 5) is 0. The highest BCUT2D eigenvalue weighted by Crippen LogP contribution is 2.66. The second kappa shape index (κ2) is 2.96. The van der Waals surface area contributed by atoms with Crippen LogP contribution in [0.3, 0.4) is 0 Å². The molecule has 0 bridgehead atoms. The Balaban J connectivity index is 1.96. The second-order valence-electron chi connectivity index (χ2n) is 5.49. The first-order valence-electron chi connectivity index (χ1n) is 6.12. The van der Waals surface area contributed by atoms with Crippen LogP contribution in [0, 0.1) is 11.8 Å². The Kier molecular flexibility index (Phi) is 1.99. The fraction of sp³-hybridized carbons (Fsp3) is 1.00. The Labute approximate surface area is 90.4 Å². The number of aliphatic hydroxyl groups is 2. The van der Waals surface area contributed by atoms with E-state index in [4.69, 9.17) is 4.74 Å². The molecule has 0 aromatic carbocycles. The molecule has 0 aromatic heterocycles. The summed E-state index contributed by atoms with van der Waals surface area (Å²) in [5.74, 6) is 0.349. The van der Waals surface area contributed by atoms with Gasteiger partial charge in [-0.15, -0.1) is 0 Å². The maximum Gasteiger partial charge on any atom is 0.102 e. The van der Waals surface area contributed by atoms with Gasteiger partial charge >= 0.3 is 0 Å². The van der Waals surface area contributed by atoms with Crippen LogP contribution in [0.4, 0.5) is 0 Å². The molecule has 0 heterocycles. The number of hydrogen-bond acceptors (Lipinski definition) is 3. The number of methoxy groups -OCH3 is 1. The molecule has 3 fully saturated rings. The van der Waals surface area contributed by atoms with Crippen LogP contribution in [-0.2, 0) is 4.74 Å². The molecule has 2 N–H and O–H groups in total. The summed E-state index contributed by atoms with van der Waals surface area (Å²) in [7, 11) is 1.76. The normalized spacial score (nSPS) is 58.2. The van der Waals surface area contributed by atoms with Gasteiger partial charge in [-0.3, -0.25) is 0 Å². The predicted molar refractivity (Wildman–Crippen MR) is 55.4 cm³/mol. The van der Waals surface area contributed by atoms with Crippen LogP contribution in [0.5, 0.6) is 0 Å². The lowest BCUT2D eigenvalue weighted by atomic mass is 9.46. The summed E-state index contributed by atoms with van der Waals surface area (Å²) < 4.78 is 5.71. The standard InChI is InChI=1S/C12H20O3/c1-15-11-7-3-5-9(11)12(14)8(11)4-2-6-10(12)13/h8-10,13-14H,2-7H2,1H3/t8-,9-,10+,11+,12+/m0/s1. The lowest BCUT2D eigenvalue weighted by Gasteiger charge is -2.66. The summed E-state index contributed by atoms with van der Waals surface area (Å²) in [5.41, 5.74) is -0.930. The molecule has 3 aliphatic carbocycles. The first-order chi connectivity index (χ1) is 7.16. The summed E-state index contributed by atoms with van der Waals surface area (Å²) in [6.45, 7) is 0. The minimum atomic E-state index is -0.829. The van der Waals surface area contributed by atoms with E-state index in [2.05, 4.69) is 0 Å². The van der Waals surface area contributed by atoms with E-state index in [0.29, 0.717) is 0 Å². The molecular formula is C12H20O3. The first-order valence-corrected chi connectivity index (χ1v) is 6.12. The van der Waals surface area contributed by atoms with Crippen molar-refractivity contribution in [1.29, 1.82) is 0 Å². The number of aliphatic hydroxyl groups excluding tert-OH is 1. The molecule has 3 heteroatoms. The SMILES string of the molecule is CO[C@@]12CCC[C@@H]1[C@@]1(O)[C@H](O)CCC[C@@H]21. The van der Waals surface area contributed by atoms with Gasteiger partial charge in [0.15, 0.2) is 0 Å². The van der Waals surface area contributed by atoms with E-state index < -0.39 is 11.7 Å². The van der Waals surface area contributed by atoms with Gasteiger partial charge in [0.1, 0.15) is 5.60 Å². The van der Waals surface area contributed by atoms with Crippen LogP contribution < -0.4 is 0 Å². The number of rotatable bonds is 1. The summed E-state index contributed by atoms with van der Waals surface area (Å²) in [6, 6.07) is 0. The molecule has 3 nitrogen and oxygen atoms in total. The molecule has 0 radical (unpaired) electrons. The third-order valence-corrected chi connectivity index (χ3v) is 5.24. The van der Waals surface area contributed by atoms with E-state index in [1.54, 1.807) is 7.11 Å². The average molecular weight is 212 g/mol. The molecule has 3 rings (SSSR count). The van der Waals surface area contributed by atoms with Crippen LogP contribution in [0.1, 0.15) is 38.5 Å². The van der Waals surface area contributed by atoms with Crippen molar-refractivity contribution in [3.63, 3.8) is 0 Å². The molecule has 15 heavy (non-hydrogen) atoms. The Morgan fingerprint density at radius 3 is 2.47 bits per heavy atom. The number of hydrogen-bond donors (Lipinski definition) is 2. The maximum atomic E-state index is 10.6. The zero-order valence-corrected chi connectivity index (χ0v) is 9.28. The lowest BCUT2D eigenvalue weighted by molar-refractivity contribution is -0.329. The topological polar surface area (TPSA) is 49.7 Å². The first kappa shape index (κ1) is 10.1. The van der Waals surface area contributed by atoms with Gasteiger partial charge in [-0.2, -0.15) is 0 Å². The summed E-state index contributed by atoms with van der Waals surface area (Å²) >= 11 is 0. The van der Waals surface area contributed by atoms with E-state index in [1.807, 2.05) is 0 Å². The van der Waals surface area contributed by atoms with Crippen molar-refractivity contribution in [3.8, 4) is 0 Å². The Morgan fingerprint density at radius 1 is 1.13 bits per heavy atom. The third-order valence-electron chi connectivity index (χ3n) is 5.24. The molecule has 0 unspecified atom stereocenters. The average Bonchev–Trinajstić information content (AvgIpc) is 2.63. The van der Waals surface area contributed by atoms with Gasteiger partial charge in [0.2, 0.25) is 0 Å². The molecular weight excluding hydrogens is 192 g/mol. The lowest BCUT2D eigenvalue weighted by Crippen LogP contribution is -2.77. The largest absolute Gasteiger partial charge is 0.390 e. The Hall–Kier alpha value is -0.120. The second-order valence-corrected chi connectivity index (χ2v) is 5.49. The highest BCUT2D eigenvalue weighted by Gasteiger charge is 2.74. The smallest absolute Gasteiger partial charge is 0.102 e. The Bertz CT molecular complexity index is 280. The van der Waals surface area contributed by atoms with E-state index in [-0.39, 0.29) is 17.4 Å². The van der Waals surface area contributed by atoms with E-state index in [9.17, 15) is 10.2 Å². The molecule has 5 atom stereocenters. The molecule has 86 valence electrons. The van der Waals surface area contributed by atoms with E-state index in [1.165, 1.54) is 0 Å². The minimum Gasteiger partial charge on any atom is -0.390 e. The van der Waals surface area contributed by atoms with Crippen molar-refractivity contribution in [1.82, 2.24) is 0 Å². The van der Waals surface area contributed by atoms with E-state index >= 15 is 0 Å².